The normalized spacial score (nSPS) is 10.2. The lowest BCUT2D eigenvalue weighted by Crippen LogP contribution is -2.13. The molecule has 0 fully saturated rings. The Morgan fingerprint density at radius 2 is 1.64 bits per heavy atom. The van der Waals surface area contributed by atoms with E-state index in [4.69, 9.17) is 11.5 Å². The van der Waals surface area contributed by atoms with Crippen LogP contribution >= 0.6 is 11.8 Å². The van der Waals surface area contributed by atoms with Gasteiger partial charge in [-0.05, 0) is 48.5 Å². The van der Waals surface area contributed by atoms with E-state index in [1.807, 2.05) is 24.3 Å². The van der Waals surface area contributed by atoms with Crippen molar-refractivity contribution in [3.05, 3.63) is 54.1 Å². The molecule has 114 valence electrons. The molecule has 0 bridgehead atoms. The molecule has 0 saturated carbocycles. The smallest absolute Gasteiger partial charge is 0.248 e. The van der Waals surface area contributed by atoms with Gasteiger partial charge in [-0.3, -0.25) is 9.59 Å². The highest BCUT2D eigenvalue weighted by Gasteiger charge is 2.04. The molecule has 0 aliphatic rings. The molecule has 0 heterocycles. The number of carbonyl (C=O) groups excluding carboxylic acids is 2. The maximum Gasteiger partial charge on any atom is 0.248 e. The summed E-state index contributed by atoms with van der Waals surface area (Å²) >= 11 is 1.60. The molecular formula is C16H17N3O2S. The highest BCUT2D eigenvalue weighted by Crippen LogP contribution is 2.20. The molecule has 2 rings (SSSR count). The van der Waals surface area contributed by atoms with Crippen LogP contribution in [0.15, 0.2) is 53.4 Å². The van der Waals surface area contributed by atoms with Crippen LogP contribution in [0.5, 0.6) is 0 Å². The largest absolute Gasteiger partial charge is 0.399 e. The SMILES string of the molecule is NC(=O)c1ccc(NC(=O)CCSc2ccc(N)cc2)cc1. The lowest BCUT2D eigenvalue weighted by atomic mass is 10.2. The molecule has 0 unspecified atom stereocenters. The molecule has 6 heteroatoms. The van der Waals surface area contributed by atoms with Crippen LogP contribution in [0.4, 0.5) is 11.4 Å². The Kier molecular flexibility index (Phi) is 5.43. The van der Waals surface area contributed by atoms with Gasteiger partial charge in [-0.1, -0.05) is 0 Å². The van der Waals surface area contributed by atoms with E-state index in [9.17, 15) is 9.59 Å². The first kappa shape index (κ1) is 15.9. The molecule has 0 aromatic heterocycles. The number of nitrogens with two attached hydrogens (primary N) is 2. The number of hydrogen-bond donors (Lipinski definition) is 3. The van der Waals surface area contributed by atoms with Crippen molar-refractivity contribution in [2.24, 2.45) is 5.73 Å². The van der Waals surface area contributed by atoms with Gasteiger partial charge in [0.1, 0.15) is 0 Å². The van der Waals surface area contributed by atoms with Gasteiger partial charge in [0.05, 0.1) is 0 Å². The average molecular weight is 315 g/mol. The zero-order valence-corrected chi connectivity index (χ0v) is 12.7. The lowest BCUT2D eigenvalue weighted by Gasteiger charge is -2.06. The monoisotopic (exact) mass is 315 g/mol. The van der Waals surface area contributed by atoms with Crippen LogP contribution in [0.1, 0.15) is 16.8 Å². The van der Waals surface area contributed by atoms with Gasteiger partial charge in [-0.2, -0.15) is 0 Å². The topological polar surface area (TPSA) is 98.2 Å². The van der Waals surface area contributed by atoms with E-state index in [0.29, 0.717) is 23.4 Å². The van der Waals surface area contributed by atoms with Crippen LogP contribution < -0.4 is 16.8 Å². The van der Waals surface area contributed by atoms with E-state index in [0.717, 1.165) is 10.6 Å². The van der Waals surface area contributed by atoms with Gasteiger partial charge in [0, 0.05) is 34.0 Å². The second-order valence-electron chi connectivity index (χ2n) is 4.66. The molecule has 0 spiro atoms. The van der Waals surface area contributed by atoms with Gasteiger partial charge in [-0.25, -0.2) is 0 Å². The Hall–Kier alpha value is -2.47. The molecule has 5 N–H and O–H groups in total. The molecular weight excluding hydrogens is 298 g/mol. The van der Waals surface area contributed by atoms with Crippen molar-refractivity contribution in [1.29, 1.82) is 0 Å². The summed E-state index contributed by atoms with van der Waals surface area (Å²) in [4.78, 5) is 23.9. The highest BCUT2D eigenvalue weighted by molar-refractivity contribution is 7.99. The third-order valence-electron chi connectivity index (χ3n) is 2.93. The number of primary amides is 1. The maximum atomic E-state index is 11.8. The van der Waals surface area contributed by atoms with E-state index in [-0.39, 0.29) is 5.91 Å². The van der Waals surface area contributed by atoms with Gasteiger partial charge in [0.15, 0.2) is 0 Å². The second kappa shape index (κ2) is 7.51. The first-order valence-corrected chi connectivity index (χ1v) is 7.71. The predicted octanol–water partition coefficient (Wildman–Crippen LogP) is 2.49. The van der Waals surface area contributed by atoms with Gasteiger partial charge < -0.3 is 16.8 Å². The summed E-state index contributed by atoms with van der Waals surface area (Å²) < 4.78 is 0. The molecule has 22 heavy (non-hydrogen) atoms. The van der Waals surface area contributed by atoms with Crippen molar-refractivity contribution < 1.29 is 9.59 Å². The van der Waals surface area contributed by atoms with Crippen molar-refractivity contribution in [1.82, 2.24) is 0 Å². The van der Waals surface area contributed by atoms with Crippen molar-refractivity contribution >= 4 is 35.0 Å². The fraction of sp³-hybridized carbons (Fsp3) is 0.125. The summed E-state index contributed by atoms with van der Waals surface area (Å²) in [7, 11) is 0. The summed E-state index contributed by atoms with van der Waals surface area (Å²) in [6.07, 6.45) is 0.395. The minimum absolute atomic E-state index is 0.0743. The molecule has 5 nitrogen and oxygen atoms in total. The Bertz CT molecular complexity index is 654. The van der Waals surface area contributed by atoms with E-state index in [1.165, 1.54) is 0 Å². The summed E-state index contributed by atoms with van der Waals surface area (Å²) in [5, 5.41) is 2.78. The Morgan fingerprint density at radius 3 is 2.23 bits per heavy atom. The average Bonchev–Trinajstić information content (AvgIpc) is 2.50. The summed E-state index contributed by atoms with van der Waals surface area (Å²) in [6.45, 7) is 0. The molecule has 0 aliphatic heterocycles. The summed E-state index contributed by atoms with van der Waals surface area (Å²) in [5.41, 5.74) is 12.6. The fourth-order valence-corrected chi connectivity index (χ4v) is 2.62. The molecule has 2 amide bonds. The van der Waals surface area contributed by atoms with Crippen molar-refractivity contribution in [3.63, 3.8) is 0 Å². The van der Waals surface area contributed by atoms with Gasteiger partial charge in [0.2, 0.25) is 11.8 Å². The van der Waals surface area contributed by atoms with Crippen molar-refractivity contribution in [2.45, 2.75) is 11.3 Å². The fourth-order valence-electron chi connectivity index (χ4n) is 1.77. The van der Waals surface area contributed by atoms with E-state index < -0.39 is 5.91 Å². The van der Waals surface area contributed by atoms with Crippen molar-refractivity contribution in [2.75, 3.05) is 16.8 Å². The molecule has 0 atom stereocenters. The van der Waals surface area contributed by atoms with E-state index in [1.54, 1.807) is 36.0 Å². The van der Waals surface area contributed by atoms with Gasteiger partial charge >= 0.3 is 0 Å². The number of hydrogen-bond acceptors (Lipinski definition) is 4. The van der Waals surface area contributed by atoms with Gasteiger partial charge in [0.25, 0.3) is 0 Å². The Balaban J connectivity index is 1.77. The third-order valence-corrected chi connectivity index (χ3v) is 3.94. The first-order chi connectivity index (χ1) is 10.5. The standard InChI is InChI=1S/C16H17N3O2S/c17-12-3-7-14(8-4-12)22-10-9-15(20)19-13-5-1-11(2-6-13)16(18)21/h1-8H,9-10,17H2,(H2,18,21)(H,19,20). The third kappa shape index (κ3) is 4.82. The zero-order chi connectivity index (χ0) is 15.9. The molecule has 0 radical (unpaired) electrons. The van der Waals surface area contributed by atoms with Crippen LogP contribution in [0.25, 0.3) is 0 Å². The van der Waals surface area contributed by atoms with Gasteiger partial charge in [-0.15, -0.1) is 11.8 Å². The number of anilines is 2. The molecule has 2 aromatic rings. The number of nitrogens with one attached hydrogen (secondary N) is 1. The quantitative estimate of drug-likeness (QED) is 0.563. The molecule has 2 aromatic carbocycles. The number of carbonyl (C=O) groups is 2. The zero-order valence-electron chi connectivity index (χ0n) is 11.9. The van der Waals surface area contributed by atoms with Crippen molar-refractivity contribution in [3.8, 4) is 0 Å². The minimum atomic E-state index is -0.488. The number of amides is 2. The minimum Gasteiger partial charge on any atom is -0.399 e. The number of thioether (sulfide) groups is 1. The number of nitrogen functional groups attached to an aromatic ring is 1. The van der Waals surface area contributed by atoms with Crippen LogP contribution in [0.2, 0.25) is 0 Å². The molecule has 0 saturated heterocycles. The Morgan fingerprint density at radius 1 is 1.00 bits per heavy atom. The van der Waals surface area contributed by atoms with Crippen LogP contribution in [0.3, 0.4) is 0 Å². The highest BCUT2D eigenvalue weighted by atomic mass is 32.2. The Labute approximate surface area is 133 Å². The summed E-state index contributed by atoms with van der Waals surface area (Å²) in [5.74, 6) is 0.113. The summed E-state index contributed by atoms with van der Waals surface area (Å²) in [6, 6.07) is 14.0. The van der Waals surface area contributed by atoms with E-state index in [2.05, 4.69) is 5.32 Å². The molecule has 0 aliphatic carbocycles. The predicted molar refractivity (Wildman–Crippen MR) is 89.8 cm³/mol. The van der Waals surface area contributed by atoms with Crippen LogP contribution in [-0.4, -0.2) is 17.6 Å². The first-order valence-electron chi connectivity index (χ1n) is 6.72. The lowest BCUT2D eigenvalue weighted by molar-refractivity contribution is -0.115. The van der Waals surface area contributed by atoms with Crippen LogP contribution in [-0.2, 0) is 4.79 Å². The second-order valence-corrected chi connectivity index (χ2v) is 5.83. The number of benzene rings is 2. The van der Waals surface area contributed by atoms with E-state index >= 15 is 0 Å². The number of rotatable bonds is 6. The maximum absolute atomic E-state index is 11.8. The van der Waals surface area contributed by atoms with Crippen LogP contribution in [0, 0.1) is 0 Å².